The summed E-state index contributed by atoms with van der Waals surface area (Å²) in [6.45, 7) is 2.17. The zero-order valence-corrected chi connectivity index (χ0v) is 39.0. The summed E-state index contributed by atoms with van der Waals surface area (Å²) in [6, 6.07) is 96.5. The Kier molecular flexibility index (Phi) is 10.1. The van der Waals surface area contributed by atoms with E-state index in [1.54, 1.807) is 0 Å². The number of benzene rings is 12. The third-order valence-corrected chi connectivity index (χ3v) is 14.9. The number of hydrogen-bond acceptors (Lipinski definition) is 0. The van der Waals surface area contributed by atoms with Crippen LogP contribution in [0.5, 0.6) is 0 Å². The Bertz CT molecular complexity index is 3840. The Morgan fingerprint density at radius 1 is 0.271 bits per heavy atom. The molecule has 12 aromatic carbocycles. The molecule has 0 saturated heterocycles. The van der Waals surface area contributed by atoms with Gasteiger partial charge in [-0.3, -0.25) is 0 Å². The van der Waals surface area contributed by atoms with Gasteiger partial charge < -0.3 is 0 Å². The van der Waals surface area contributed by atoms with Crippen LogP contribution >= 0.6 is 0 Å². The van der Waals surface area contributed by atoms with Gasteiger partial charge in [-0.15, -0.1) is 0 Å². The summed E-state index contributed by atoms with van der Waals surface area (Å²) in [7, 11) is 0. The summed E-state index contributed by atoms with van der Waals surface area (Å²) in [5, 5.41) is 7.55. The van der Waals surface area contributed by atoms with E-state index < -0.39 is 5.41 Å². The first-order chi connectivity index (χ1) is 34.6. The zero-order valence-electron chi connectivity index (χ0n) is 39.0. The highest BCUT2D eigenvalue weighted by Gasteiger charge is 2.45. The molecule has 1 aliphatic carbocycles. The molecule has 0 aromatic heterocycles. The van der Waals surface area contributed by atoms with Crippen LogP contribution < -0.4 is 0 Å². The molecular weight excluding hydrogens is 841 g/mol. The fourth-order valence-corrected chi connectivity index (χ4v) is 11.5. The fourth-order valence-electron chi connectivity index (χ4n) is 11.5. The Labute approximate surface area is 410 Å². The SMILES string of the molecule is Cc1ccc(C2(c3ccc(-c4ccc(-c5c6ccccc6c(-c6ccc(/C=C/c7ccc(-c8cccc9ccccc89)cc7)cc6)c6ccccc56)cc4)cc3)c3ccccc3-c3ccccc32)cc1. The van der Waals surface area contributed by atoms with E-state index in [-0.39, 0.29) is 0 Å². The highest BCUT2D eigenvalue weighted by Crippen LogP contribution is 2.56. The van der Waals surface area contributed by atoms with Crippen molar-refractivity contribution in [1.82, 2.24) is 0 Å². The zero-order chi connectivity index (χ0) is 46.6. The summed E-state index contributed by atoms with van der Waals surface area (Å²) >= 11 is 0. The summed E-state index contributed by atoms with van der Waals surface area (Å²) in [5.41, 5.74) is 20.9. The normalized spacial score (nSPS) is 12.7. The van der Waals surface area contributed by atoms with Crippen LogP contribution in [0.3, 0.4) is 0 Å². The molecule has 13 rings (SSSR count). The first kappa shape index (κ1) is 41.4. The van der Waals surface area contributed by atoms with Crippen molar-refractivity contribution in [2.45, 2.75) is 12.3 Å². The third kappa shape index (κ3) is 6.83. The van der Waals surface area contributed by atoms with Gasteiger partial charge >= 0.3 is 0 Å². The van der Waals surface area contributed by atoms with Crippen molar-refractivity contribution in [2.24, 2.45) is 0 Å². The number of rotatable bonds is 8. The van der Waals surface area contributed by atoms with Crippen molar-refractivity contribution in [3.63, 3.8) is 0 Å². The molecule has 0 heteroatoms. The fraction of sp³-hybridized carbons (Fsp3) is 0.0286. The maximum Gasteiger partial charge on any atom is 0.0713 e. The topological polar surface area (TPSA) is 0 Å². The van der Waals surface area contributed by atoms with Crippen molar-refractivity contribution in [1.29, 1.82) is 0 Å². The van der Waals surface area contributed by atoms with E-state index in [1.807, 2.05) is 0 Å². The molecule has 0 aliphatic heterocycles. The predicted octanol–water partition coefficient (Wildman–Crippen LogP) is 18.7. The van der Waals surface area contributed by atoms with Gasteiger partial charge in [-0.1, -0.05) is 279 Å². The maximum atomic E-state index is 2.36. The summed E-state index contributed by atoms with van der Waals surface area (Å²) in [5.74, 6) is 0. The van der Waals surface area contributed by atoms with Crippen LogP contribution in [-0.2, 0) is 5.41 Å². The second-order valence-corrected chi connectivity index (χ2v) is 18.8. The van der Waals surface area contributed by atoms with E-state index in [2.05, 4.69) is 280 Å². The Morgan fingerprint density at radius 2 is 0.629 bits per heavy atom. The minimum absolute atomic E-state index is 0.413. The van der Waals surface area contributed by atoms with Gasteiger partial charge in [-0.2, -0.15) is 0 Å². The maximum absolute atomic E-state index is 2.36. The quantitative estimate of drug-likeness (QED) is 0.105. The molecule has 1 aliphatic rings. The molecule has 0 nitrogen and oxygen atoms in total. The van der Waals surface area contributed by atoms with E-state index in [0.29, 0.717) is 0 Å². The Hall–Kier alpha value is -8.84. The molecule has 0 N–H and O–H groups in total. The van der Waals surface area contributed by atoms with Crippen LogP contribution in [0.4, 0.5) is 0 Å². The molecule has 70 heavy (non-hydrogen) atoms. The first-order valence-corrected chi connectivity index (χ1v) is 24.4. The minimum atomic E-state index is -0.413. The van der Waals surface area contributed by atoms with Crippen LogP contribution in [0.1, 0.15) is 38.9 Å². The van der Waals surface area contributed by atoms with Gasteiger partial charge in [0, 0.05) is 0 Å². The number of fused-ring (bicyclic) bond motifs is 6. The van der Waals surface area contributed by atoms with E-state index in [0.717, 1.165) is 0 Å². The second kappa shape index (κ2) is 17.0. The highest BCUT2D eigenvalue weighted by molar-refractivity contribution is 6.21. The summed E-state index contributed by atoms with van der Waals surface area (Å²) in [4.78, 5) is 0. The van der Waals surface area contributed by atoms with Gasteiger partial charge in [0.25, 0.3) is 0 Å². The van der Waals surface area contributed by atoms with E-state index in [1.165, 1.54) is 127 Å². The molecule has 0 atom stereocenters. The van der Waals surface area contributed by atoms with Crippen molar-refractivity contribution in [3.8, 4) is 55.6 Å². The minimum Gasteiger partial charge on any atom is -0.0619 e. The lowest BCUT2D eigenvalue weighted by Crippen LogP contribution is -2.28. The monoisotopic (exact) mass is 888 g/mol. The van der Waals surface area contributed by atoms with Gasteiger partial charge in [0.1, 0.15) is 0 Å². The molecule has 0 unspecified atom stereocenters. The second-order valence-electron chi connectivity index (χ2n) is 18.8. The molecule has 0 amide bonds. The third-order valence-electron chi connectivity index (χ3n) is 14.9. The van der Waals surface area contributed by atoms with Crippen LogP contribution in [0.15, 0.2) is 261 Å². The molecule has 0 bridgehead atoms. The average molecular weight is 889 g/mol. The van der Waals surface area contributed by atoms with Crippen molar-refractivity contribution in [2.75, 3.05) is 0 Å². The molecule has 12 aromatic rings. The standard InChI is InChI=1S/C70H48/c1-47-25-43-56(44-26-47)70(66-23-10-8-16-60(66)61-17-9-11-24-67(61)70)57-45-41-51(42-46-57)50-37-39-55(40-38-50)69-64-20-6-4-18-62(64)68(63-19-5-7-21-65(63)69)54-35-31-49(32-36-54)28-27-48-29-33-53(34-30-48)59-22-12-14-52-13-2-3-15-58(52)59/h2-46H,1H3/b28-27+. The molecule has 0 heterocycles. The lowest BCUT2D eigenvalue weighted by atomic mass is 9.67. The smallest absolute Gasteiger partial charge is 0.0619 e. The van der Waals surface area contributed by atoms with E-state index in [9.17, 15) is 0 Å². The summed E-state index contributed by atoms with van der Waals surface area (Å²) < 4.78 is 0. The van der Waals surface area contributed by atoms with E-state index >= 15 is 0 Å². The highest BCUT2D eigenvalue weighted by atomic mass is 14.5. The van der Waals surface area contributed by atoms with Crippen LogP contribution in [0, 0.1) is 6.92 Å². The van der Waals surface area contributed by atoms with Crippen molar-refractivity contribution >= 4 is 44.5 Å². The van der Waals surface area contributed by atoms with E-state index in [4.69, 9.17) is 0 Å². The van der Waals surface area contributed by atoms with Gasteiger partial charge in [0.15, 0.2) is 0 Å². The van der Waals surface area contributed by atoms with Gasteiger partial charge in [-0.25, -0.2) is 0 Å². The van der Waals surface area contributed by atoms with Crippen LogP contribution in [0.2, 0.25) is 0 Å². The number of hydrogen-bond donors (Lipinski definition) is 0. The largest absolute Gasteiger partial charge is 0.0713 e. The van der Waals surface area contributed by atoms with Gasteiger partial charge in [0.2, 0.25) is 0 Å². The molecule has 0 radical (unpaired) electrons. The Morgan fingerprint density at radius 3 is 1.14 bits per heavy atom. The lowest BCUT2D eigenvalue weighted by molar-refractivity contribution is 0.768. The van der Waals surface area contributed by atoms with Gasteiger partial charge in [-0.05, 0) is 128 Å². The molecule has 328 valence electrons. The number of aryl methyl sites for hydroxylation is 1. The molecule has 0 saturated carbocycles. The van der Waals surface area contributed by atoms with Crippen molar-refractivity contribution in [3.05, 3.63) is 300 Å². The molecular formula is C70H48. The van der Waals surface area contributed by atoms with Crippen LogP contribution in [-0.4, -0.2) is 0 Å². The van der Waals surface area contributed by atoms with Crippen molar-refractivity contribution < 1.29 is 0 Å². The predicted molar refractivity (Wildman–Crippen MR) is 298 cm³/mol. The molecule has 0 fully saturated rings. The average Bonchev–Trinajstić information content (AvgIpc) is 3.73. The van der Waals surface area contributed by atoms with Crippen LogP contribution in [0.25, 0.3) is 100 Å². The Balaban J connectivity index is 0.813. The first-order valence-electron chi connectivity index (χ1n) is 24.4. The lowest BCUT2D eigenvalue weighted by Gasteiger charge is -2.34. The van der Waals surface area contributed by atoms with Gasteiger partial charge in [0.05, 0.1) is 5.41 Å². The molecule has 0 spiro atoms. The summed E-state index contributed by atoms with van der Waals surface area (Å²) in [6.07, 6.45) is 4.42.